The van der Waals surface area contributed by atoms with Crippen LogP contribution >= 0.6 is 0 Å². The first kappa shape index (κ1) is 16.8. The Labute approximate surface area is 154 Å². The average molecular weight is 348 g/mol. The van der Waals surface area contributed by atoms with Crippen molar-refractivity contribution in [2.24, 2.45) is 0 Å². The summed E-state index contributed by atoms with van der Waals surface area (Å²) in [6.07, 6.45) is 6.59. The number of benzene rings is 1. The third-order valence-electron chi connectivity index (χ3n) is 4.85. The van der Waals surface area contributed by atoms with Crippen molar-refractivity contribution in [1.29, 1.82) is 0 Å². The van der Waals surface area contributed by atoms with Gasteiger partial charge in [0.05, 0.1) is 6.61 Å². The molecular weight excluding hydrogens is 324 g/mol. The van der Waals surface area contributed by atoms with E-state index < -0.39 is 0 Å². The molecule has 5 heteroatoms. The van der Waals surface area contributed by atoms with E-state index in [0.717, 1.165) is 62.7 Å². The second-order valence-corrected chi connectivity index (χ2v) is 6.60. The molecule has 1 aromatic carbocycles. The first-order valence-electron chi connectivity index (χ1n) is 9.23. The fourth-order valence-electron chi connectivity index (χ4n) is 3.37. The van der Waals surface area contributed by atoms with Crippen LogP contribution in [0.2, 0.25) is 0 Å². The summed E-state index contributed by atoms with van der Waals surface area (Å²) in [5, 5.41) is 2.31. The molecular formula is C21H24N4O. The van der Waals surface area contributed by atoms with Crippen LogP contribution in [0, 0.1) is 0 Å². The largest absolute Gasteiger partial charge is 0.494 e. The Balaban J connectivity index is 1.19. The van der Waals surface area contributed by atoms with Crippen LogP contribution in [0.3, 0.4) is 0 Å². The highest BCUT2D eigenvalue weighted by Crippen LogP contribution is 2.20. The fraction of sp³-hybridized carbons (Fsp3) is 0.333. The van der Waals surface area contributed by atoms with Crippen molar-refractivity contribution in [2.45, 2.75) is 6.42 Å². The Morgan fingerprint density at radius 3 is 2.69 bits per heavy atom. The van der Waals surface area contributed by atoms with Gasteiger partial charge in [-0.25, -0.2) is 4.98 Å². The maximum Gasteiger partial charge on any atom is 0.128 e. The number of ether oxygens (including phenoxy) is 1. The summed E-state index contributed by atoms with van der Waals surface area (Å²) in [7, 11) is 0. The monoisotopic (exact) mass is 348 g/mol. The topological polar surface area (TPSA) is 41.5 Å². The number of nitrogens with zero attached hydrogens (tertiary/aromatic N) is 4. The Bertz CT molecular complexity index is 832. The molecule has 0 aliphatic carbocycles. The van der Waals surface area contributed by atoms with Gasteiger partial charge in [-0.3, -0.25) is 9.88 Å². The Morgan fingerprint density at radius 2 is 1.85 bits per heavy atom. The summed E-state index contributed by atoms with van der Waals surface area (Å²) < 4.78 is 5.92. The molecule has 0 saturated carbocycles. The van der Waals surface area contributed by atoms with E-state index in [1.165, 1.54) is 5.39 Å². The number of hydrogen-bond donors (Lipinski definition) is 0. The zero-order valence-corrected chi connectivity index (χ0v) is 14.9. The SMILES string of the molecule is c1ccc(N2CCN(CCCOc3ccc4ccncc4c3)CC2)nc1. The molecule has 3 aromatic rings. The van der Waals surface area contributed by atoms with Gasteiger partial charge in [-0.05, 0) is 42.1 Å². The predicted octanol–water partition coefficient (Wildman–Crippen LogP) is 3.22. The van der Waals surface area contributed by atoms with E-state index in [1.807, 2.05) is 36.8 Å². The number of aromatic nitrogens is 2. The quantitative estimate of drug-likeness (QED) is 0.640. The molecule has 0 N–H and O–H groups in total. The lowest BCUT2D eigenvalue weighted by molar-refractivity contribution is 0.224. The van der Waals surface area contributed by atoms with E-state index in [-0.39, 0.29) is 0 Å². The molecule has 1 saturated heterocycles. The van der Waals surface area contributed by atoms with Crippen LogP contribution in [0.4, 0.5) is 5.82 Å². The summed E-state index contributed by atoms with van der Waals surface area (Å²) in [5.41, 5.74) is 0. The number of rotatable bonds is 6. The lowest BCUT2D eigenvalue weighted by atomic mass is 10.2. The molecule has 1 aliphatic heterocycles. The van der Waals surface area contributed by atoms with Crippen molar-refractivity contribution in [3.05, 3.63) is 61.1 Å². The Morgan fingerprint density at radius 1 is 0.923 bits per heavy atom. The predicted molar refractivity (Wildman–Crippen MR) is 105 cm³/mol. The molecule has 26 heavy (non-hydrogen) atoms. The van der Waals surface area contributed by atoms with E-state index in [1.54, 1.807) is 0 Å². The van der Waals surface area contributed by atoms with Crippen molar-refractivity contribution < 1.29 is 4.74 Å². The maximum absolute atomic E-state index is 5.92. The van der Waals surface area contributed by atoms with E-state index in [4.69, 9.17) is 4.74 Å². The molecule has 5 nitrogen and oxygen atoms in total. The van der Waals surface area contributed by atoms with Gasteiger partial charge >= 0.3 is 0 Å². The highest BCUT2D eigenvalue weighted by Gasteiger charge is 2.17. The van der Waals surface area contributed by atoms with Crippen molar-refractivity contribution in [3.8, 4) is 5.75 Å². The molecule has 0 spiro atoms. The first-order valence-corrected chi connectivity index (χ1v) is 9.23. The highest BCUT2D eigenvalue weighted by molar-refractivity contribution is 5.82. The Kier molecular flexibility index (Phi) is 5.26. The van der Waals surface area contributed by atoms with Gasteiger partial charge in [0.2, 0.25) is 0 Å². The van der Waals surface area contributed by atoms with Crippen LogP contribution in [0.25, 0.3) is 10.8 Å². The first-order chi connectivity index (χ1) is 12.9. The molecule has 0 bridgehead atoms. The molecule has 3 heterocycles. The number of pyridine rings is 2. The van der Waals surface area contributed by atoms with Gasteiger partial charge in [-0.15, -0.1) is 0 Å². The van der Waals surface area contributed by atoms with Gasteiger partial charge in [0.15, 0.2) is 0 Å². The molecule has 2 aromatic heterocycles. The minimum Gasteiger partial charge on any atom is -0.494 e. The molecule has 0 amide bonds. The number of piperazine rings is 1. The Hall–Kier alpha value is -2.66. The normalized spacial score (nSPS) is 15.3. The van der Waals surface area contributed by atoms with Crippen molar-refractivity contribution in [2.75, 3.05) is 44.2 Å². The number of anilines is 1. The smallest absolute Gasteiger partial charge is 0.128 e. The summed E-state index contributed by atoms with van der Waals surface area (Å²) in [5.74, 6) is 2.01. The summed E-state index contributed by atoms with van der Waals surface area (Å²) in [6.45, 7) is 6.05. The fourth-order valence-corrected chi connectivity index (χ4v) is 3.37. The molecule has 1 fully saturated rings. The van der Waals surface area contributed by atoms with E-state index >= 15 is 0 Å². The second-order valence-electron chi connectivity index (χ2n) is 6.60. The van der Waals surface area contributed by atoms with Crippen molar-refractivity contribution in [1.82, 2.24) is 14.9 Å². The van der Waals surface area contributed by atoms with Gasteiger partial charge < -0.3 is 9.64 Å². The summed E-state index contributed by atoms with van der Waals surface area (Å²) in [6, 6.07) is 14.3. The van der Waals surface area contributed by atoms with Gasteiger partial charge in [-0.1, -0.05) is 12.1 Å². The molecule has 1 aliphatic rings. The van der Waals surface area contributed by atoms with Crippen LogP contribution < -0.4 is 9.64 Å². The van der Waals surface area contributed by atoms with Crippen LogP contribution in [0.15, 0.2) is 61.1 Å². The lowest BCUT2D eigenvalue weighted by Crippen LogP contribution is -2.47. The number of hydrogen-bond acceptors (Lipinski definition) is 5. The number of fused-ring (bicyclic) bond motifs is 1. The van der Waals surface area contributed by atoms with Crippen LogP contribution in [-0.2, 0) is 0 Å². The van der Waals surface area contributed by atoms with Gasteiger partial charge in [0, 0.05) is 56.7 Å². The molecule has 4 rings (SSSR count). The summed E-state index contributed by atoms with van der Waals surface area (Å²) >= 11 is 0. The van der Waals surface area contributed by atoms with Crippen LogP contribution in [0.5, 0.6) is 5.75 Å². The molecule has 0 unspecified atom stereocenters. The zero-order chi connectivity index (χ0) is 17.6. The summed E-state index contributed by atoms with van der Waals surface area (Å²) in [4.78, 5) is 13.5. The third kappa shape index (κ3) is 4.11. The third-order valence-corrected chi connectivity index (χ3v) is 4.85. The van der Waals surface area contributed by atoms with Gasteiger partial charge in [0.1, 0.15) is 11.6 Å². The van der Waals surface area contributed by atoms with Crippen LogP contribution in [0.1, 0.15) is 6.42 Å². The molecule has 0 atom stereocenters. The maximum atomic E-state index is 5.92. The van der Waals surface area contributed by atoms with E-state index in [0.29, 0.717) is 0 Å². The van der Waals surface area contributed by atoms with Crippen molar-refractivity contribution >= 4 is 16.6 Å². The zero-order valence-electron chi connectivity index (χ0n) is 14.9. The van der Waals surface area contributed by atoms with Crippen molar-refractivity contribution in [3.63, 3.8) is 0 Å². The second kappa shape index (κ2) is 8.15. The van der Waals surface area contributed by atoms with E-state index in [9.17, 15) is 0 Å². The van der Waals surface area contributed by atoms with E-state index in [2.05, 4.69) is 44.0 Å². The van der Waals surface area contributed by atoms with Gasteiger partial charge in [-0.2, -0.15) is 0 Å². The standard InChI is InChI=1S/C21H24N4O/c1-2-8-23-21(4-1)25-13-11-24(12-14-25)10-3-15-26-20-6-5-18-7-9-22-17-19(18)16-20/h1-2,4-9,16-17H,3,10-15H2. The minimum atomic E-state index is 0.742. The van der Waals surface area contributed by atoms with Crippen LogP contribution in [-0.4, -0.2) is 54.2 Å². The molecule has 134 valence electrons. The highest BCUT2D eigenvalue weighted by atomic mass is 16.5. The average Bonchev–Trinajstić information content (AvgIpc) is 2.72. The molecule has 0 radical (unpaired) electrons. The minimum absolute atomic E-state index is 0.742. The van der Waals surface area contributed by atoms with Gasteiger partial charge in [0.25, 0.3) is 0 Å². The lowest BCUT2D eigenvalue weighted by Gasteiger charge is -2.35.